The van der Waals surface area contributed by atoms with Crippen LogP contribution >= 0.6 is 0 Å². The number of benzene rings is 2. The summed E-state index contributed by atoms with van der Waals surface area (Å²) in [6, 6.07) is 8.25. The van der Waals surface area contributed by atoms with Gasteiger partial charge in [-0.3, -0.25) is 0 Å². The zero-order chi connectivity index (χ0) is 18.8. The first-order chi connectivity index (χ1) is 12.6. The third-order valence-electron chi connectivity index (χ3n) is 5.08. The molecule has 1 aromatic heterocycles. The Morgan fingerprint density at radius 1 is 1.12 bits per heavy atom. The number of unbranched alkanes of at least 4 members (excludes halogenated alkanes) is 1. The number of rotatable bonds is 6. The summed E-state index contributed by atoms with van der Waals surface area (Å²) in [7, 11) is 1.69. The fourth-order valence-corrected chi connectivity index (χ4v) is 3.90. The average molecular weight is 353 g/mol. The van der Waals surface area contributed by atoms with E-state index in [9.17, 15) is 4.79 Å². The molecule has 0 radical (unpaired) electrons. The van der Waals surface area contributed by atoms with Gasteiger partial charge in [0.25, 0.3) is 0 Å². The maximum Gasteiger partial charge on any atom is 0.340 e. The minimum atomic E-state index is -0.259. The lowest BCUT2D eigenvalue weighted by molar-refractivity contribution is 0.0527. The summed E-state index contributed by atoms with van der Waals surface area (Å²) >= 11 is 0. The van der Waals surface area contributed by atoms with Gasteiger partial charge in [-0.2, -0.15) is 0 Å². The molecule has 0 spiro atoms. The molecule has 0 aliphatic heterocycles. The topological polar surface area (TPSA) is 40.5 Å². The van der Waals surface area contributed by atoms with Gasteiger partial charge >= 0.3 is 5.97 Å². The Labute approximate surface area is 154 Å². The van der Waals surface area contributed by atoms with Crippen molar-refractivity contribution in [2.24, 2.45) is 0 Å². The van der Waals surface area contributed by atoms with Gasteiger partial charge in [-0.1, -0.05) is 37.6 Å². The number of aryl methyl sites for hydroxylation is 2. The first-order valence-electron chi connectivity index (χ1n) is 9.31. The van der Waals surface area contributed by atoms with Crippen LogP contribution in [0.4, 0.5) is 0 Å². The van der Waals surface area contributed by atoms with E-state index in [1.165, 1.54) is 0 Å². The van der Waals surface area contributed by atoms with Gasteiger partial charge in [0.15, 0.2) is 0 Å². The standard InChI is InChI=1S/C22H27NO3/c1-6-8-13-23-15(4)19(22(24)26-7-2)18-14(3)21(25-5)17-12-10-9-11-16(17)20(18)23/h9-12H,6-8,13H2,1-5H3. The Morgan fingerprint density at radius 2 is 1.81 bits per heavy atom. The number of fused-ring (bicyclic) bond motifs is 3. The number of nitrogens with zero attached hydrogens (tertiary/aromatic N) is 1. The molecule has 1 heterocycles. The maximum atomic E-state index is 12.8. The van der Waals surface area contributed by atoms with Crippen LogP contribution in [0.15, 0.2) is 24.3 Å². The predicted molar refractivity (Wildman–Crippen MR) is 106 cm³/mol. The molecule has 0 amide bonds. The zero-order valence-electron chi connectivity index (χ0n) is 16.3. The highest BCUT2D eigenvalue weighted by molar-refractivity contribution is 6.18. The molecule has 0 bridgehead atoms. The van der Waals surface area contributed by atoms with Crippen molar-refractivity contribution in [3.8, 4) is 5.75 Å². The molecule has 0 N–H and O–H groups in total. The number of carbonyl (C=O) groups excluding carboxylic acids is 1. The van der Waals surface area contributed by atoms with E-state index in [0.29, 0.717) is 12.2 Å². The molecule has 0 aliphatic rings. The second-order valence-electron chi connectivity index (χ2n) is 6.61. The van der Waals surface area contributed by atoms with Gasteiger partial charge in [-0.25, -0.2) is 4.79 Å². The third kappa shape index (κ3) is 2.74. The van der Waals surface area contributed by atoms with E-state index >= 15 is 0 Å². The van der Waals surface area contributed by atoms with Crippen LogP contribution in [0.2, 0.25) is 0 Å². The van der Waals surface area contributed by atoms with Crippen molar-refractivity contribution in [2.75, 3.05) is 13.7 Å². The van der Waals surface area contributed by atoms with Crippen molar-refractivity contribution in [2.45, 2.75) is 47.1 Å². The van der Waals surface area contributed by atoms with Crippen molar-refractivity contribution in [1.29, 1.82) is 0 Å². The molecular weight excluding hydrogens is 326 g/mol. The lowest BCUT2D eigenvalue weighted by Crippen LogP contribution is -2.08. The molecule has 26 heavy (non-hydrogen) atoms. The van der Waals surface area contributed by atoms with E-state index in [2.05, 4.69) is 23.6 Å². The Balaban J connectivity index is 2.50. The monoisotopic (exact) mass is 353 g/mol. The van der Waals surface area contributed by atoms with Crippen LogP contribution in [0, 0.1) is 13.8 Å². The van der Waals surface area contributed by atoms with Crippen molar-refractivity contribution < 1.29 is 14.3 Å². The summed E-state index contributed by atoms with van der Waals surface area (Å²) in [5, 5.41) is 3.14. The van der Waals surface area contributed by atoms with Gasteiger partial charge in [-0.15, -0.1) is 0 Å². The lowest BCUT2D eigenvalue weighted by atomic mass is 9.98. The number of esters is 1. The maximum absolute atomic E-state index is 12.8. The van der Waals surface area contributed by atoms with Gasteiger partial charge in [0.05, 0.1) is 24.8 Å². The largest absolute Gasteiger partial charge is 0.496 e. The fraction of sp³-hybridized carbons (Fsp3) is 0.409. The van der Waals surface area contributed by atoms with Crippen LogP contribution in [0.5, 0.6) is 5.75 Å². The second-order valence-corrected chi connectivity index (χ2v) is 6.61. The smallest absolute Gasteiger partial charge is 0.340 e. The quantitative estimate of drug-likeness (QED) is 0.557. The minimum Gasteiger partial charge on any atom is -0.496 e. The van der Waals surface area contributed by atoms with Gasteiger partial charge in [0.1, 0.15) is 5.75 Å². The number of aromatic nitrogens is 1. The normalized spacial score (nSPS) is 11.3. The third-order valence-corrected chi connectivity index (χ3v) is 5.08. The summed E-state index contributed by atoms with van der Waals surface area (Å²) < 4.78 is 13.4. The predicted octanol–water partition coefficient (Wildman–Crippen LogP) is 5.40. The molecule has 0 saturated heterocycles. The number of hydrogen-bond donors (Lipinski definition) is 0. The number of ether oxygens (including phenoxy) is 2. The van der Waals surface area contributed by atoms with Crippen molar-refractivity contribution in [1.82, 2.24) is 4.57 Å². The number of methoxy groups -OCH3 is 1. The second kappa shape index (κ2) is 7.40. The summed E-state index contributed by atoms with van der Waals surface area (Å²) in [4.78, 5) is 12.8. The molecule has 0 aliphatic carbocycles. The highest BCUT2D eigenvalue weighted by Crippen LogP contribution is 2.41. The first kappa shape index (κ1) is 18.3. The van der Waals surface area contributed by atoms with Crippen LogP contribution in [-0.4, -0.2) is 24.3 Å². The van der Waals surface area contributed by atoms with Crippen LogP contribution in [0.3, 0.4) is 0 Å². The molecule has 0 unspecified atom stereocenters. The molecular formula is C22H27NO3. The van der Waals surface area contributed by atoms with Crippen molar-refractivity contribution in [3.05, 3.63) is 41.1 Å². The summed E-state index contributed by atoms with van der Waals surface area (Å²) in [6.45, 7) is 9.31. The molecule has 0 atom stereocenters. The number of carbonyl (C=O) groups is 1. The van der Waals surface area contributed by atoms with E-state index in [4.69, 9.17) is 9.47 Å². The highest BCUT2D eigenvalue weighted by Gasteiger charge is 2.26. The molecule has 0 saturated carbocycles. The minimum absolute atomic E-state index is 0.259. The number of hydrogen-bond acceptors (Lipinski definition) is 3. The van der Waals surface area contributed by atoms with Crippen molar-refractivity contribution >= 4 is 27.6 Å². The zero-order valence-corrected chi connectivity index (χ0v) is 16.3. The van der Waals surface area contributed by atoms with E-state index in [-0.39, 0.29) is 5.97 Å². The molecule has 4 heteroatoms. The summed E-state index contributed by atoms with van der Waals surface area (Å²) in [5.74, 6) is 0.567. The summed E-state index contributed by atoms with van der Waals surface area (Å²) in [6.07, 6.45) is 2.16. The van der Waals surface area contributed by atoms with Crippen LogP contribution < -0.4 is 4.74 Å². The van der Waals surface area contributed by atoms with E-state index in [1.807, 2.05) is 32.9 Å². The Bertz CT molecular complexity index is 969. The highest BCUT2D eigenvalue weighted by atomic mass is 16.5. The van der Waals surface area contributed by atoms with Gasteiger partial charge in [0.2, 0.25) is 0 Å². The molecule has 2 aromatic carbocycles. The SMILES string of the molecule is CCCCn1c(C)c(C(=O)OCC)c2c(C)c(OC)c3ccccc3c21. The molecule has 0 fully saturated rings. The molecule has 4 nitrogen and oxygen atoms in total. The van der Waals surface area contributed by atoms with Gasteiger partial charge in [-0.05, 0) is 27.2 Å². The van der Waals surface area contributed by atoms with E-state index in [1.54, 1.807) is 7.11 Å². The van der Waals surface area contributed by atoms with Crippen LogP contribution in [-0.2, 0) is 11.3 Å². The summed E-state index contributed by atoms with van der Waals surface area (Å²) in [5.41, 5.74) is 3.73. The first-order valence-corrected chi connectivity index (χ1v) is 9.31. The van der Waals surface area contributed by atoms with Crippen LogP contribution in [0.25, 0.3) is 21.7 Å². The molecule has 138 valence electrons. The fourth-order valence-electron chi connectivity index (χ4n) is 3.90. The molecule has 3 aromatic rings. The molecule has 3 rings (SSSR count). The van der Waals surface area contributed by atoms with Crippen LogP contribution in [0.1, 0.15) is 48.3 Å². The lowest BCUT2D eigenvalue weighted by Gasteiger charge is -2.14. The van der Waals surface area contributed by atoms with Crippen molar-refractivity contribution in [3.63, 3.8) is 0 Å². The van der Waals surface area contributed by atoms with Gasteiger partial charge in [0, 0.05) is 34.0 Å². The van der Waals surface area contributed by atoms with E-state index in [0.717, 1.165) is 58.1 Å². The Kier molecular flexibility index (Phi) is 5.21. The Morgan fingerprint density at radius 3 is 2.42 bits per heavy atom. The van der Waals surface area contributed by atoms with Gasteiger partial charge < -0.3 is 14.0 Å². The average Bonchev–Trinajstić information content (AvgIpc) is 2.93. The van der Waals surface area contributed by atoms with E-state index < -0.39 is 0 Å². The Hall–Kier alpha value is -2.49.